The molecule has 3 aliphatic heterocycles. The largest absolute Gasteiger partial charge is 0.444 e. The maximum absolute atomic E-state index is 14.9. The first-order valence-electron chi connectivity index (χ1n) is 10.1. The second-order valence-corrected chi connectivity index (χ2v) is 7.82. The third-order valence-electron chi connectivity index (χ3n) is 5.74. The first-order chi connectivity index (χ1) is 14.3. The van der Waals surface area contributed by atoms with Gasteiger partial charge in [-0.3, -0.25) is 14.7 Å². The molecule has 0 N–H and O–H groups in total. The summed E-state index contributed by atoms with van der Waals surface area (Å²) in [4.78, 5) is 38.0. The molecule has 1 aromatic rings. The molecule has 3 fully saturated rings. The van der Waals surface area contributed by atoms with E-state index >= 15 is 0 Å². The van der Waals surface area contributed by atoms with Gasteiger partial charge in [-0.2, -0.15) is 0 Å². The van der Waals surface area contributed by atoms with Gasteiger partial charge < -0.3 is 14.4 Å². The lowest BCUT2D eigenvalue weighted by atomic mass is 10.1. The number of hydrogen-bond donors (Lipinski definition) is 0. The number of carbonyl (C=O) groups is 3. The van der Waals surface area contributed by atoms with Crippen molar-refractivity contribution in [3.8, 4) is 0 Å². The molecule has 8 nitrogen and oxygen atoms in total. The number of Topliss-reactive ketones (excluding diaryl/α,β-unsaturated/α-hetero) is 1. The molecule has 30 heavy (non-hydrogen) atoms. The highest BCUT2D eigenvalue weighted by molar-refractivity contribution is 5.90. The van der Waals surface area contributed by atoms with Gasteiger partial charge in [-0.15, -0.1) is 0 Å². The number of benzene rings is 1. The minimum atomic E-state index is -0.770. The molecule has 1 atom stereocenters. The molecule has 3 saturated heterocycles. The molecule has 0 aliphatic carbocycles. The number of hydrogen-bond acceptors (Lipinski definition) is 6. The zero-order chi connectivity index (χ0) is 21.4. The second kappa shape index (κ2) is 8.17. The Bertz CT molecular complexity index is 857. The van der Waals surface area contributed by atoms with E-state index in [-0.39, 0.29) is 36.0 Å². The standard InChI is InChI=1S/C20H24F2N4O4/c1-13(27)2-3-15-12-25(20(29)30-15)14-10-16(21)19(17(22)11-14)23-6-8-24-5-4-18(28)26(24)9-7-23/h10-11,15H,2-9,12H2,1H3/t15-/m0/s1. The molecule has 0 bridgehead atoms. The van der Waals surface area contributed by atoms with Crippen molar-refractivity contribution < 1.29 is 27.9 Å². The third-order valence-corrected chi connectivity index (χ3v) is 5.74. The van der Waals surface area contributed by atoms with Crippen molar-refractivity contribution in [3.05, 3.63) is 23.8 Å². The van der Waals surface area contributed by atoms with Gasteiger partial charge in [-0.05, 0) is 13.3 Å². The monoisotopic (exact) mass is 422 g/mol. The van der Waals surface area contributed by atoms with Gasteiger partial charge in [0.2, 0.25) is 5.91 Å². The van der Waals surface area contributed by atoms with Crippen molar-refractivity contribution in [2.45, 2.75) is 32.3 Å². The van der Waals surface area contributed by atoms with Crippen LogP contribution in [-0.2, 0) is 14.3 Å². The van der Waals surface area contributed by atoms with Crippen LogP contribution in [0.1, 0.15) is 26.2 Å². The Morgan fingerprint density at radius 2 is 1.80 bits per heavy atom. The number of carbonyl (C=O) groups excluding carboxylic acids is 3. The Kier molecular flexibility index (Phi) is 5.59. The maximum atomic E-state index is 14.9. The number of amides is 2. The van der Waals surface area contributed by atoms with Crippen molar-refractivity contribution in [2.24, 2.45) is 0 Å². The van der Waals surface area contributed by atoms with Crippen LogP contribution in [0, 0.1) is 11.6 Å². The Morgan fingerprint density at radius 1 is 1.10 bits per heavy atom. The van der Waals surface area contributed by atoms with E-state index in [2.05, 4.69) is 0 Å². The van der Waals surface area contributed by atoms with Crippen molar-refractivity contribution in [2.75, 3.05) is 49.1 Å². The fourth-order valence-corrected chi connectivity index (χ4v) is 4.17. The smallest absolute Gasteiger partial charge is 0.414 e. The first-order valence-corrected chi connectivity index (χ1v) is 10.1. The fourth-order valence-electron chi connectivity index (χ4n) is 4.17. The van der Waals surface area contributed by atoms with E-state index in [1.54, 1.807) is 9.91 Å². The summed E-state index contributed by atoms with van der Waals surface area (Å²) < 4.78 is 35.1. The highest BCUT2D eigenvalue weighted by Gasteiger charge is 2.35. The van der Waals surface area contributed by atoms with Crippen molar-refractivity contribution in [3.63, 3.8) is 0 Å². The summed E-state index contributed by atoms with van der Waals surface area (Å²) in [6.45, 7) is 3.79. The van der Waals surface area contributed by atoms with Gasteiger partial charge in [0, 0.05) is 51.2 Å². The SMILES string of the molecule is CC(=O)CC[C@H]1CN(c2cc(F)c(N3CCN4CCC(=O)N4CC3)c(F)c2)C(=O)O1. The molecule has 0 aromatic heterocycles. The Morgan fingerprint density at radius 3 is 2.50 bits per heavy atom. The lowest BCUT2D eigenvalue weighted by Crippen LogP contribution is -2.39. The summed E-state index contributed by atoms with van der Waals surface area (Å²) in [5.41, 5.74) is -0.0762. The highest BCUT2D eigenvalue weighted by atomic mass is 19.1. The van der Waals surface area contributed by atoms with Crippen LogP contribution in [0.3, 0.4) is 0 Å². The summed E-state index contributed by atoms with van der Waals surface area (Å²) in [5, 5.41) is 3.56. The third kappa shape index (κ3) is 3.96. The number of ether oxygens (including phenoxy) is 1. The van der Waals surface area contributed by atoms with Gasteiger partial charge in [0.25, 0.3) is 0 Å². The van der Waals surface area contributed by atoms with Crippen LogP contribution in [0.5, 0.6) is 0 Å². The molecule has 0 spiro atoms. The predicted molar refractivity (Wildman–Crippen MR) is 104 cm³/mol. The summed E-state index contributed by atoms with van der Waals surface area (Å²) in [7, 11) is 0. The predicted octanol–water partition coefficient (Wildman–Crippen LogP) is 1.93. The van der Waals surface area contributed by atoms with E-state index in [0.29, 0.717) is 45.6 Å². The van der Waals surface area contributed by atoms with Crippen molar-refractivity contribution in [1.82, 2.24) is 10.0 Å². The average molecular weight is 422 g/mol. The zero-order valence-electron chi connectivity index (χ0n) is 16.8. The van der Waals surface area contributed by atoms with E-state index in [1.165, 1.54) is 11.8 Å². The van der Waals surface area contributed by atoms with E-state index in [4.69, 9.17) is 4.74 Å². The van der Waals surface area contributed by atoms with Crippen LogP contribution in [0.2, 0.25) is 0 Å². The molecule has 162 valence electrons. The van der Waals surface area contributed by atoms with Gasteiger partial charge in [0.1, 0.15) is 17.6 Å². The normalized spacial score (nSPS) is 22.4. The molecular weight excluding hydrogens is 398 g/mol. The minimum absolute atomic E-state index is 0.0121. The van der Waals surface area contributed by atoms with Crippen LogP contribution in [0.4, 0.5) is 25.0 Å². The topological polar surface area (TPSA) is 73.4 Å². The van der Waals surface area contributed by atoms with E-state index in [9.17, 15) is 23.2 Å². The van der Waals surface area contributed by atoms with Crippen LogP contribution >= 0.6 is 0 Å². The number of anilines is 2. The second-order valence-electron chi connectivity index (χ2n) is 7.82. The van der Waals surface area contributed by atoms with Crippen LogP contribution in [-0.4, -0.2) is 73.2 Å². The molecular formula is C20H24F2N4O4. The molecule has 0 unspecified atom stereocenters. The van der Waals surface area contributed by atoms with Gasteiger partial charge in [-0.25, -0.2) is 18.6 Å². The van der Waals surface area contributed by atoms with E-state index < -0.39 is 23.8 Å². The zero-order valence-corrected chi connectivity index (χ0v) is 16.8. The summed E-state index contributed by atoms with van der Waals surface area (Å²) in [6, 6.07) is 2.26. The number of halogens is 2. The van der Waals surface area contributed by atoms with Crippen LogP contribution in [0.15, 0.2) is 12.1 Å². The van der Waals surface area contributed by atoms with Gasteiger partial charge in [-0.1, -0.05) is 0 Å². The van der Waals surface area contributed by atoms with Crippen molar-refractivity contribution >= 4 is 29.2 Å². The molecule has 0 saturated carbocycles. The highest BCUT2D eigenvalue weighted by Crippen LogP contribution is 2.32. The average Bonchev–Trinajstić information content (AvgIpc) is 3.15. The minimum Gasteiger partial charge on any atom is -0.444 e. The summed E-state index contributed by atoms with van der Waals surface area (Å²) in [6.07, 6.45) is -0.0507. The van der Waals surface area contributed by atoms with Crippen LogP contribution in [0.25, 0.3) is 0 Å². The number of rotatable bonds is 5. The molecule has 2 amide bonds. The first kappa shape index (κ1) is 20.5. The number of hydrazine groups is 1. The molecule has 3 heterocycles. The Balaban J connectivity index is 1.49. The molecule has 4 rings (SSSR count). The number of fused-ring (bicyclic) bond motifs is 1. The van der Waals surface area contributed by atoms with E-state index in [1.807, 2.05) is 5.01 Å². The van der Waals surface area contributed by atoms with Gasteiger partial charge in [0.05, 0.1) is 18.8 Å². The number of nitrogens with zero attached hydrogens (tertiary/aromatic N) is 4. The molecule has 10 heteroatoms. The lowest BCUT2D eigenvalue weighted by molar-refractivity contribution is -0.136. The number of cyclic esters (lactones) is 1. The van der Waals surface area contributed by atoms with E-state index in [0.717, 1.165) is 12.1 Å². The van der Waals surface area contributed by atoms with Gasteiger partial charge in [0.15, 0.2) is 11.6 Å². The van der Waals surface area contributed by atoms with Crippen LogP contribution < -0.4 is 9.80 Å². The number of ketones is 1. The molecule has 0 radical (unpaired) electrons. The van der Waals surface area contributed by atoms with Gasteiger partial charge >= 0.3 is 6.09 Å². The molecule has 1 aromatic carbocycles. The Labute approximate surface area is 172 Å². The quantitative estimate of drug-likeness (QED) is 0.722. The molecule has 3 aliphatic rings. The van der Waals surface area contributed by atoms with Crippen molar-refractivity contribution in [1.29, 1.82) is 0 Å². The maximum Gasteiger partial charge on any atom is 0.414 e. The lowest BCUT2D eigenvalue weighted by Gasteiger charge is -2.24. The fraction of sp³-hybridized carbons (Fsp3) is 0.550. The summed E-state index contributed by atoms with van der Waals surface area (Å²) >= 11 is 0. The Hall–Kier alpha value is -2.75. The summed E-state index contributed by atoms with van der Waals surface area (Å²) in [5.74, 6) is -1.52.